The Morgan fingerprint density at radius 3 is 2.16 bits per heavy atom. The molecule has 49 heavy (non-hydrogen) atoms. The smallest absolute Gasteiger partial charge is 0.264 e. The highest BCUT2D eigenvalue weighted by Gasteiger charge is 2.35. The first-order chi connectivity index (χ1) is 23.6. The number of ether oxygens (including phenoxy) is 1. The van der Waals surface area contributed by atoms with Gasteiger partial charge in [-0.2, -0.15) is 0 Å². The number of sulfonamides is 1. The van der Waals surface area contributed by atoms with Gasteiger partial charge in [0.25, 0.3) is 10.0 Å². The molecule has 0 heterocycles. The molecule has 8 nitrogen and oxygen atoms in total. The lowest BCUT2D eigenvalue weighted by atomic mass is 9.94. The summed E-state index contributed by atoms with van der Waals surface area (Å²) in [4.78, 5) is 30.4. The van der Waals surface area contributed by atoms with Crippen LogP contribution in [0.1, 0.15) is 50.2 Å². The number of benzene rings is 4. The molecule has 0 aromatic heterocycles. The molecular weight excluding hydrogens is 681 g/mol. The van der Waals surface area contributed by atoms with Gasteiger partial charge in [0.15, 0.2) is 0 Å². The Labute approximate surface area is 299 Å². The zero-order valence-corrected chi connectivity index (χ0v) is 29.8. The van der Waals surface area contributed by atoms with Crippen LogP contribution in [0.4, 0.5) is 5.69 Å². The Hall–Kier alpha value is -4.05. The van der Waals surface area contributed by atoms with Crippen LogP contribution in [0.2, 0.25) is 10.0 Å². The Kier molecular flexibility index (Phi) is 12.6. The van der Waals surface area contributed by atoms with Crippen LogP contribution in [0, 0.1) is 0 Å². The lowest BCUT2D eigenvalue weighted by Gasteiger charge is -2.35. The van der Waals surface area contributed by atoms with Gasteiger partial charge >= 0.3 is 0 Å². The SMILES string of the molecule is CCOc1ccc(N(CC(=O)N(Cc2cccc(Cl)c2)C(Cc2ccccc2)C(=O)NC2CCCCC2)S(=O)(=O)c2ccc(Cl)cc2)cc1. The molecule has 1 aliphatic rings. The van der Waals surface area contributed by atoms with Crippen molar-refractivity contribution in [2.45, 2.75) is 69.0 Å². The van der Waals surface area contributed by atoms with E-state index in [1.165, 1.54) is 29.2 Å². The van der Waals surface area contributed by atoms with Crippen LogP contribution in [0.15, 0.2) is 108 Å². The number of amides is 2. The maximum Gasteiger partial charge on any atom is 0.264 e. The monoisotopic (exact) mass is 721 g/mol. The predicted molar refractivity (Wildman–Crippen MR) is 195 cm³/mol. The quantitative estimate of drug-likeness (QED) is 0.144. The highest BCUT2D eigenvalue weighted by atomic mass is 35.5. The van der Waals surface area contributed by atoms with Gasteiger partial charge in [-0.25, -0.2) is 8.42 Å². The van der Waals surface area contributed by atoms with Crippen molar-refractivity contribution in [1.29, 1.82) is 0 Å². The Morgan fingerprint density at radius 2 is 1.51 bits per heavy atom. The standard InChI is InChI=1S/C38H41Cl2N3O5S/c1-2-48-34-20-18-33(19-21-34)43(49(46,47)35-22-16-30(39)17-23-35)27-37(44)42(26-29-12-9-13-31(40)24-29)36(25-28-10-5-3-6-11-28)38(45)41-32-14-7-4-8-15-32/h3,5-6,9-13,16-24,32,36H,2,4,7-8,14-15,25-27H2,1H3,(H,41,45). The highest BCUT2D eigenvalue weighted by Crippen LogP contribution is 2.28. The molecule has 258 valence electrons. The fourth-order valence-corrected chi connectivity index (χ4v) is 7.82. The van der Waals surface area contributed by atoms with E-state index in [4.69, 9.17) is 27.9 Å². The molecule has 5 rings (SSSR count). The van der Waals surface area contributed by atoms with E-state index in [0.717, 1.165) is 42.0 Å². The maximum absolute atomic E-state index is 14.7. The first kappa shape index (κ1) is 36.2. The van der Waals surface area contributed by atoms with Crippen LogP contribution in [-0.2, 0) is 32.6 Å². The third-order valence-electron chi connectivity index (χ3n) is 8.58. The predicted octanol–water partition coefficient (Wildman–Crippen LogP) is 7.68. The first-order valence-electron chi connectivity index (χ1n) is 16.5. The minimum Gasteiger partial charge on any atom is -0.494 e. The van der Waals surface area contributed by atoms with Crippen molar-refractivity contribution >= 4 is 50.7 Å². The maximum atomic E-state index is 14.7. The molecule has 11 heteroatoms. The molecule has 1 saturated carbocycles. The van der Waals surface area contributed by atoms with Gasteiger partial charge in [-0.3, -0.25) is 13.9 Å². The summed E-state index contributed by atoms with van der Waals surface area (Å²) < 4.78 is 35.2. The summed E-state index contributed by atoms with van der Waals surface area (Å²) in [7, 11) is -4.27. The zero-order chi connectivity index (χ0) is 34.8. The van der Waals surface area contributed by atoms with E-state index < -0.39 is 28.5 Å². The van der Waals surface area contributed by atoms with Gasteiger partial charge in [-0.15, -0.1) is 0 Å². The summed E-state index contributed by atoms with van der Waals surface area (Å²) in [5.74, 6) is -0.267. The van der Waals surface area contributed by atoms with Crippen LogP contribution in [0.5, 0.6) is 5.75 Å². The molecule has 1 fully saturated rings. The Bertz CT molecular complexity index is 1800. The molecule has 2 amide bonds. The lowest BCUT2D eigenvalue weighted by molar-refractivity contribution is -0.140. The van der Waals surface area contributed by atoms with Crippen LogP contribution >= 0.6 is 23.2 Å². The van der Waals surface area contributed by atoms with Gasteiger partial charge in [0, 0.05) is 29.1 Å². The molecule has 0 aliphatic heterocycles. The van der Waals surface area contributed by atoms with Crippen molar-refractivity contribution in [2.24, 2.45) is 0 Å². The van der Waals surface area contributed by atoms with Crippen molar-refractivity contribution < 1.29 is 22.7 Å². The summed E-state index contributed by atoms with van der Waals surface area (Å²) in [6.45, 7) is 1.76. The van der Waals surface area contributed by atoms with Crippen molar-refractivity contribution in [3.8, 4) is 5.75 Å². The summed E-state index contributed by atoms with van der Waals surface area (Å²) in [5.41, 5.74) is 1.84. The van der Waals surface area contributed by atoms with Crippen LogP contribution in [0.25, 0.3) is 0 Å². The second-order valence-corrected chi connectivity index (χ2v) is 14.8. The number of halogens is 2. The van der Waals surface area contributed by atoms with Gasteiger partial charge in [0.05, 0.1) is 17.2 Å². The largest absolute Gasteiger partial charge is 0.494 e. The molecule has 0 radical (unpaired) electrons. The van der Waals surface area contributed by atoms with Crippen molar-refractivity contribution in [1.82, 2.24) is 10.2 Å². The van der Waals surface area contributed by atoms with Gasteiger partial charge in [-0.05, 0) is 91.6 Å². The lowest BCUT2D eigenvalue weighted by Crippen LogP contribution is -2.55. The molecule has 1 aliphatic carbocycles. The Balaban J connectivity index is 1.56. The van der Waals surface area contributed by atoms with E-state index in [2.05, 4.69) is 5.32 Å². The number of nitrogens with one attached hydrogen (secondary N) is 1. The van der Waals surface area contributed by atoms with E-state index in [0.29, 0.717) is 28.0 Å². The van der Waals surface area contributed by atoms with Crippen LogP contribution in [0.3, 0.4) is 0 Å². The number of hydrogen-bond acceptors (Lipinski definition) is 5. The second-order valence-electron chi connectivity index (χ2n) is 12.1. The number of hydrogen-bond donors (Lipinski definition) is 1. The number of anilines is 1. The third-order valence-corrected chi connectivity index (χ3v) is 10.9. The van der Waals surface area contributed by atoms with Crippen LogP contribution < -0.4 is 14.4 Å². The minimum absolute atomic E-state index is 0.00767. The van der Waals surface area contributed by atoms with E-state index in [1.807, 2.05) is 43.3 Å². The van der Waals surface area contributed by atoms with E-state index in [9.17, 15) is 18.0 Å². The molecule has 0 bridgehead atoms. The molecule has 1 atom stereocenters. The molecule has 4 aromatic rings. The number of nitrogens with zero attached hydrogens (tertiary/aromatic N) is 2. The van der Waals surface area contributed by atoms with Crippen LogP contribution in [-0.4, -0.2) is 50.4 Å². The summed E-state index contributed by atoms with van der Waals surface area (Å²) in [6, 6.07) is 28.0. The summed E-state index contributed by atoms with van der Waals surface area (Å²) >= 11 is 12.4. The summed E-state index contributed by atoms with van der Waals surface area (Å²) in [6.07, 6.45) is 5.16. The van der Waals surface area contributed by atoms with E-state index >= 15 is 0 Å². The molecule has 1 unspecified atom stereocenters. The fourth-order valence-electron chi connectivity index (χ4n) is 6.07. The van der Waals surface area contributed by atoms with Gasteiger partial charge in [0.1, 0.15) is 18.3 Å². The average Bonchev–Trinajstić information content (AvgIpc) is 3.10. The topological polar surface area (TPSA) is 96.0 Å². The third kappa shape index (κ3) is 9.78. The van der Waals surface area contributed by atoms with Gasteiger partial charge in [0.2, 0.25) is 11.8 Å². The first-order valence-corrected chi connectivity index (χ1v) is 18.7. The van der Waals surface area contributed by atoms with Gasteiger partial charge < -0.3 is 15.0 Å². The van der Waals surface area contributed by atoms with Crippen molar-refractivity contribution in [3.63, 3.8) is 0 Å². The molecule has 0 spiro atoms. The molecular formula is C38H41Cl2N3O5S. The molecule has 4 aromatic carbocycles. The van der Waals surface area contributed by atoms with Crippen molar-refractivity contribution in [3.05, 3.63) is 124 Å². The molecule has 0 saturated heterocycles. The number of rotatable bonds is 14. The highest BCUT2D eigenvalue weighted by molar-refractivity contribution is 7.92. The normalized spacial score (nSPS) is 14.1. The zero-order valence-electron chi connectivity index (χ0n) is 27.4. The van der Waals surface area contributed by atoms with Gasteiger partial charge in [-0.1, -0.05) is 84.9 Å². The van der Waals surface area contributed by atoms with E-state index in [1.54, 1.807) is 42.5 Å². The number of carbonyl (C=O) groups excluding carboxylic acids is 2. The number of carbonyl (C=O) groups is 2. The van der Waals surface area contributed by atoms with Crippen molar-refractivity contribution in [2.75, 3.05) is 17.5 Å². The summed E-state index contributed by atoms with van der Waals surface area (Å²) in [5, 5.41) is 4.08. The second kappa shape index (κ2) is 17.1. The average molecular weight is 723 g/mol. The van der Waals surface area contributed by atoms with E-state index in [-0.39, 0.29) is 35.5 Å². The minimum atomic E-state index is -4.27. The Morgan fingerprint density at radius 1 is 0.837 bits per heavy atom. The fraction of sp³-hybridized carbons (Fsp3) is 0.316. The molecule has 1 N–H and O–H groups in total.